The Bertz CT molecular complexity index is 495. The van der Waals surface area contributed by atoms with Crippen LogP contribution in [0.25, 0.3) is 0 Å². The Balaban J connectivity index is 2.10. The number of rotatable bonds is 5. The molecular weight excluding hydrogens is 326 g/mol. The second kappa shape index (κ2) is 7.90. The standard InChI is InChI=1S/C18H24BrNO/c1-14(2)18(19)13-20(12-15-6-4-3-5-7-15)16-8-10-17(21)11-9-16/h3-7,16H,8-13H2,1-2H3. The van der Waals surface area contributed by atoms with Crippen LogP contribution in [0.2, 0.25) is 0 Å². The molecule has 1 aromatic rings. The van der Waals surface area contributed by atoms with Crippen molar-refractivity contribution in [1.29, 1.82) is 0 Å². The predicted molar refractivity (Wildman–Crippen MR) is 91.4 cm³/mol. The molecule has 0 saturated heterocycles. The van der Waals surface area contributed by atoms with E-state index in [1.54, 1.807) is 0 Å². The summed E-state index contributed by atoms with van der Waals surface area (Å²) in [6.45, 7) is 6.14. The van der Waals surface area contributed by atoms with Crippen LogP contribution in [-0.2, 0) is 11.3 Å². The maximum absolute atomic E-state index is 11.5. The van der Waals surface area contributed by atoms with Crippen LogP contribution in [0, 0.1) is 0 Å². The van der Waals surface area contributed by atoms with Gasteiger partial charge in [0.1, 0.15) is 5.78 Å². The van der Waals surface area contributed by atoms with E-state index in [4.69, 9.17) is 0 Å². The van der Waals surface area contributed by atoms with E-state index in [2.05, 4.69) is 65.0 Å². The molecule has 1 aromatic carbocycles. The molecule has 0 N–H and O–H groups in total. The van der Waals surface area contributed by atoms with Crippen LogP contribution < -0.4 is 0 Å². The fraction of sp³-hybridized carbons (Fsp3) is 0.500. The highest BCUT2D eigenvalue weighted by Gasteiger charge is 2.25. The third-order valence-corrected chi connectivity index (χ3v) is 5.19. The molecule has 1 saturated carbocycles. The van der Waals surface area contributed by atoms with Crippen molar-refractivity contribution in [3.05, 3.63) is 46.0 Å². The van der Waals surface area contributed by atoms with Crippen molar-refractivity contribution in [2.24, 2.45) is 0 Å². The summed E-state index contributed by atoms with van der Waals surface area (Å²) >= 11 is 3.71. The highest BCUT2D eigenvalue weighted by molar-refractivity contribution is 9.11. The van der Waals surface area contributed by atoms with Gasteiger partial charge in [-0.25, -0.2) is 0 Å². The van der Waals surface area contributed by atoms with Crippen molar-refractivity contribution < 1.29 is 4.79 Å². The Labute approximate surface area is 136 Å². The van der Waals surface area contributed by atoms with E-state index in [-0.39, 0.29) is 0 Å². The van der Waals surface area contributed by atoms with Gasteiger partial charge in [0.25, 0.3) is 0 Å². The number of nitrogens with zero attached hydrogens (tertiary/aromatic N) is 1. The van der Waals surface area contributed by atoms with Gasteiger partial charge in [-0.2, -0.15) is 0 Å². The molecule has 1 fully saturated rings. The topological polar surface area (TPSA) is 20.3 Å². The molecular formula is C18H24BrNO. The van der Waals surface area contributed by atoms with Gasteiger partial charge in [-0.15, -0.1) is 0 Å². The molecule has 21 heavy (non-hydrogen) atoms. The van der Waals surface area contributed by atoms with Crippen molar-refractivity contribution in [2.45, 2.75) is 52.1 Å². The summed E-state index contributed by atoms with van der Waals surface area (Å²) in [6.07, 6.45) is 3.47. The summed E-state index contributed by atoms with van der Waals surface area (Å²) < 4.78 is 1.26. The summed E-state index contributed by atoms with van der Waals surface area (Å²) in [5.41, 5.74) is 2.66. The van der Waals surface area contributed by atoms with E-state index in [1.807, 2.05) is 0 Å². The fourth-order valence-corrected chi connectivity index (χ4v) is 3.08. The highest BCUT2D eigenvalue weighted by Crippen LogP contribution is 2.25. The van der Waals surface area contributed by atoms with Gasteiger partial charge in [-0.05, 0) is 32.3 Å². The summed E-state index contributed by atoms with van der Waals surface area (Å²) in [7, 11) is 0. The lowest BCUT2D eigenvalue weighted by Gasteiger charge is -2.34. The molecule has 0 bridgehead atoms. The molecule has 114 valence electrons. The van der Waals surface area contributed by atoms with Gasteiger partial charge < -0.3 is 0 Å². The second-order valence-corrected chi connectivity index (χ2v) is 7.02. The van der Waals surface area contributed by atoms with E-state index >= 15 is 0 Å². The number of carbonyl (C=O) groups excluding carboxylic acids is 1. The fourth-order valence-electron chi connectivity index (χ4n) is 2.76. The first-order valence-corrected chi connectivity index (χ1v) is 8.47. The molecule has 0 atom stereocenters. The number of halogens is 1. The first-order valence-electron chi connectivity index (χ1n) is 7.68. The normalized spacial score (nSPS) is 16.3. The van der Waals surface area contributed by atoms with Gasteiger partial charge >= 0.3 is 0 Å². The van der Waals surface area contributed by atoms with Crippen LogP contribution in [0.15, 0.2) is 40.4 Å². The number of benzene rings is 1. The Morgan fingerprint density at radius 2 is 1.81 bits per heavy atom. The molecule has 0 aliphatic heterocycles. The number of Topliss-reactive ketones (excluding diaryl/α,β-unsaturated/α-hetero) is 1. The van der Waals surface area contributed by atoms with Gasteiger partial charge in [-0.3, -0.25) is 9.69 Å². The maximum atomic E-state index is 11.5. The van der Waals surface area contributed by atoms with Crippen molar-refractivity contribution in [2.75, 3.05) is 6.54 Å². The molecule has 0 aromatic heterocycles. The van der Waals surface area contributed by atoms with E-state index in [9.17, 15) is 4.79 Å². The van der Waals surface area contributed by atoms with Crippen molar-refractivity contribution >= 4 is 21.7 Å². The minimum Gasteiger partial charge on any atom is -0.300 e. The first kappa shape index (κ1) is 16.4. The van der Waals surface area contributed by atoms with Gasteiger partial charge in [-0.1, -0.05) is 51.8 Å². The Kier molecular flexibility index (Phi) is 6.19. The van der Waals surface area contributed by atoms with Gasteiger partial charge in [0.2, 0.25) is 0 Å². The van der Waals surface area contributed by atoms with Crippen LogP contribution in [0.1, 0.15) is 45.1 Å². The zero-order valence-corrected chi connectivity index (χ0v) is 14.5. The van der Waals surface area contributed by atoms with Crippen molar-refractivity contribution in [1.82, 2.24) is 4.90 Å². The molecule has 2 rings (SSSR count). The molecule has 1 aliphatic carbocycles. The summed E-state index contributed by atoms with van der Waals surface area (Å²) in [5.74, 6) is 0.423. The first-order chi connectivity index (χ1) is 10.1. The van der Waals surface area contributed by atoms with E-state index < -0.39 is 0 Å². The van der Waals surface area contributed by atoms with E-state index in [1.165, 1.54) is 15.6 Å². The van der Waals surface area contributed by atoms with Crippen LogP contribution in [0.4, 0.5) is 0 Å². The molecule has 1 aliphatic rings. The molecule has 0 unspecified atom stereocenters. The zero-order chi connectivity index (χ0) is 15.2. The number of hydrogen-bond donors (Lipinski definition) is 0. The van der Waals surface area contributed by atoms with Crippen LogP contribution in [0.5, 0.6) is 0 Å². The van der Waals surface area contributed by atoms with E-state index in [0.29, 0.717) is 11.8 Å². The van der Waals surface area contributed by atoms with Crippen molar-refractivity contribution in [3.63, 3.8) is 0 Å². The molecule has 2 nitrogen and oxygen atoms in total. The van der Waals surface area contributed by atoms with Gasteiger partial charge in [0.15, 0.2) is 0 Å². The van der Waals surface area contributed by atoms with Gasteiger partial charge in [0, 0.05) is 36.5 Å². The largest absolute Gasteiger partial charge is 0.300 e. The summed E-state index contributed by atoms with van der Waals surface area (Å²) in [5, 5.41) is 0. The Hall–Kier alpha value is -0.930. The average Bonchev–Trinajstić information content (AvgIpc) is 2.48. The predicted octanol–water partition coefficient (Wildman–Crippen LogP) is 4.69. The van der Waals surface area contributed by atoms with Gasteiger partial charge in [0.05, 0.1) is 0 Å². The molecule has 0 heterocycles. The smallest absolute Gasteiger partial charge is 0.133 e. The average molecular weight is 350 g/mol. The Morgan fingerprint density at radius 3 is 2.38 bits per heavy atom. The quantitative estimate of drug-likeness (QED) is 0.768. The lowest BCUT2D eigenvalue weighted by Crippen LogP contribution is -2.38. The summed E-state index contributed by atoms with van der Waals surface area (Å²) in [6, 6.07) is 11.1. The van der Waals surface area contributed by atoms with Crippen LogP contribution in [-0.4, -0.2) is 23.3 Å². The number of carbonyl (C=O) groups is 1. The summed E-state index contributed by atoms with van der Waals surface area (Å²) in [4.78, 5) is 14.0. The van der Waals surface area contributed by atoms with E-state index in [0.717, 1.165) is 38.8 Å². The number of allylic oxidation sites excluding steroid dienone is 1. The van der Waals surface area contributed by atoms with Crippen LogP contribution >= 0.6 is 15.9 Å². The lowest BCUT2D eigenvalue weighted by molar-refractivity contribution is -0.121. The minimum atomic E-state index is 0.423. The van der Waals surface area contributed by atoms with Crippen LogP contribution in [0.3, 0.4) is 0 Å². The zero-order valence-electron chi connectivity index (χ0n) is 12.9. The molecule has 0 amide bonds. The monoisotopic (exact) mass is 349 g/mol. The third kappa shape index (κ3) is 5.08. The lowest BCUT2D eigenvalue weighted by atomic mass is 9.92. The second-order valence-electron chi connectivity index (χ2n) is 6.07. The third-order valence-electron chi connectivity index (χ3n) is 4.14. The SMILES string of the molecule is CC(C)=C(Br)CN(Cc1ccccc1)C1CCC(=O)CC1. The molecule has 0 spiro atoms. The maximum Gasteiger partial charge on any atom is 0.133 e. The molecule has 0 radical (unpaired) electrons. The minimum absolute atomic E-state index is 0.423. The number of hydrogen-bond acceptors (Lipinski definition) is 2. The van der Waals surface area contributed by atoms with Crippen molar-refractivity contribution in [3.8, 4) is 0 Å². The molecule has 3 heteroatoms. The Morgan fingerprint density at radius 1 is 1.19 bits per heavy atom. The highest BCUT2D eigenvalue weighted by atomic mass is 79.9. The number of ketones is 1.